The van der Waals surface area contributed by atoms with Crippen LogP contribution in [-0.2, 0) is 0 Å². The van der Waals surface area contributed by atoms with Crippen LogP contribution in [0.15, 0.2) is 0 Å². The number of hydrogen-bond donors (Lipinski definition) is 2. The summed E-state index contributed by atoms with van der Waals surface area (Å²) in [7, 11) is 0. The van der Waals surface area contributed by atoms with Gasteiger partial charge in [0.1, 0.15) is 0 Å². The molecule has 0 radical (unpaired) electrons. The third kappa shape index (κ3) is 4.54. The summed E-state index contributed by atoms with van der Waals surface area (Å²) in [5, 5.41) is 2.98. The molecule has 0 aromatic heterocycles. The van der Waals surface area contributed by atoms with E-state index in [2.05, 4.69) is 19.2 Å². The minimum atomic E-state index is -0.249. The normalized spacial score (nSPS) is 17.7. The average molecular weight is 241 g/mol. The summed E-state index contributed by atoms with van der Waals surface area (Å²) in [6.07, 6.45) is 6.53. The lowest BCUT2D eigenvalue weighted by Gasteiger charge is -2.29. The number of nitrogens with one attached hydrogen (secondary N) is 1. The Morgan fingerprint density at radius 3 is 2.18 bits per heavy atom. The second-order valence-electron chi connectivity index (χ2n) is 5.13. The fourth-order valence-electron chi connectivity index (χ4n) is 2.14. The molecule has 2 amide bonds. The molecule has 4 nitrogen and oxygen atoms in total. The van der Waals surface area contributed by atoms with Crippen molar-refractivity contribution < 1.29 is 4.79 Å². The van der Waals surface area contributed by atoms with Crippen LogP contribution < -0.4 is 11.1 Å². The van der Waals surface area contributed by atoms with Crippen molar-refractivity contribution >= 4 is 6.03 Å². The van der Waals surface area contributed by atoms with Gasteiger partial charge in [-0.1, -0.05) is 26.7 Å². The summed E-state index contributed by atoms with van der Waals surface area (Å²) < 4.78 is 0. The molecular formula is C13H27N3O. The number of hydrogen-bond acceptors (Lipinski definition) is 2. The summed E-state index contributed by atoms with van der Waals surface area (Å²) in [6, 6.07) is 0.0589. The van der Waals surface area contributed by atoms with Gasteiger partial charge in [-0.15, -0.1) is 0 Å². The lowest BCUT2D eigenvalue weighted by molar-refractivity contribution is 0.195. The van der Waals surface area contributed by atoms with Crippen molar-refractivity contribution in [2.24, 2.45) is 5.73 Å². The van der Waals surface area contributed by atoms with Gasteiger partial charge in [0.15, 0.2) is 0 Å². The Kier molecular flexibility index (Phi) is 5.75. The van der Waals surface area contributed by atoms with E-state index in [1.807, 2.05) is 4.90 Å². The monoisotopic (exact) mass is 241 g/mol. The van der Waals surface area contributed by atoms with Crippen molar-refractivity contribution in [2.75, 3.05) is 19.6 Å². The first-order valence-electron chi connectivity index (χ1n) is 6.93. The quantitative estimate of drug-likeness (QED) is 0.792. The molecule has 0 bridgehead atoms. The van der Waals surface area contributed by atoms with E-state index in [0.29, 0.717) is 6.54 Å². The van der Waals surface area contributed by atoms with Crippen molar-refractivity contribution in [1.82, 2.24) is 10.2 Å². The lowest BCUT2D eigenvalue weighted by atomic mass is 9.94. The molecule has 4 heteroatoms. The number of urea groups is 1. The largest absolute Gasteiger partial charge is 0.336 e. The minimum absolute atomic E-state index is 0.0589. The molecule has 3 N–H and O–H groups in total. The maximum atomic E-state index is 12.0. The fraction of sp³-hybridized carbons (Fsp3) is 0.923. The van der Waals surface area contributed by atoms with Crippen LogP contribution in [0.1, 0.15) is 52.4 Å². The Morgan fingerprint density at radius 2 is 1.71 bits per heavy atom. The van der Waals surface area contributed by atoms with E-state index in [9.17, 15) is 4.79 Å². The molecule has 1 aliphatic rings. The van der Waals surface area contributed by atoms with Gasteiger partial charge in [-0.05, 0) is 25.7 Å². The molecule has 0 unspecified atom stereocenters. The molecule has 0 spiro atoms. The molecule has 1 saturated heterocycles. The highest BCUT2D eigenvalue weighted by atomic mass is 16.2. The predicted octanol–water partition coefficient (Wildman–Crippen LogP) is 2.09. The van der Waals surface area contributed by atoms with Crippen molar-refractivity contribution in [3.63, 3.8) is 0 Å². The van der Waals surface area contributed by atoms with Crippen LogP contribution in [0.5, 0.6) is 0 Å². The van der Waals surface area contributed by atoms with Crippen LogP contribution in [0, 0.1) is 0 Å². The van der Waals surface area contributed by atoms with Gasteiger partial charge in [-0.3, -0.25) is 0 Å². The molecule has 1 rings (SSSR count). The van der Waals surface area contributed by atoms with Crippen molar-refractivity contribution in [3.8, 4) is 0 Å². The molecule has 1 heterocycles. The lowest BCUT2D eigenvalue weighted by Crippen LogP contribution is -2.52. The number of rotatable bonds is 4. The molecule has 100 valence electrons. The Morgan fingerprint density at radius 1 is 1.18 bits per heavy atom. The molecule has 1 aliphatic heterocycles. The van der Waals surface area contributed by atoms with Gasteiger partial charge in [-0.25, -0.2) is 4.79 Å². The Labute approximate surface area is 105 Å². The first-order chi connectivity index (χ1) is 8.11. The summed E-state index contributed by atoms with van der Waals surface area (Å²) in [5.74, 6) is 0. The topological polar surface area (TPSA) is 58.4 Å². The molecule has 1 fully saturated rings. The Balaban J connectivity index is 2.37. The number of carbonyl (C=O) groups is 1. The van der Waals surface area contributed by atoms with Gasteiger partial charge in [0.2, 0.25) is 0 Å². The van der Waals surface area contributed by atoms with Crippen molar-refractivity contribution in [3.05, 3.63) is 0 Å². The molecule has 0 aliphatic carbocycles. The molecule has 0 atom stereocenters. The highest BCUT2D eigenvalue weighted by Crippen LogP contribution is 2.11. The van der Waals surface area contributed by atoms with Gasteiger partial charge in [0.25, 0.3) is 0 Å². The second-order valence-corrected chi connectivity index (χ2v) is 5.13. The summed E-state index contributed by atoms with van der Waals surface area (Å²) >= 11 is 0. The van der Waals surface area contributed by atoms with Gasteiger partial charge in [0, 0.05) is 25.2 Å². The highest BCUT2D eigenvalue weighted by molar-refractivity contribution is 5.74. The van der Waals surface area contributed by atoms with Crippen molar-refractivity contribution in [2.45, 2.75) is 57.9 Å². The first-order valence-corrected chi connectivity index (χ1v) is 6.93. The van der Waals surface area contributed by atoms with Gasteiger partial charge >= 0.3 is 6.03 Å². The van der Waals surface area contributed by atoms with E-state index in [0.717, 1.165) is 38.8 Å². The molecular weight excluding hydrogens is 214 g/mol. The SMILES string of the molecule is CCC(N)(CC)CNC(=O)N1CCCCCC1. The van der Waals surface area contributed by atoms with Crippen LogP contribution in [0.25, 0.3) is 0 Å². The smallest absolute Gasteiger partial charge is 0.317 e. The number of amides is 2. The third-order valence-corrected chi connectivity index (χ3v) is 3.89. The third-order valence-electron chi connectivity index (χ3n) is 3.89. The average Bonchev–Trinajstić information content (AvgIpc) is 2.64. The van der Waals surface area contributed by atoms with Gasteiger partial charge < -0.3 is 16.0 Å². The van der Waals surface area contributed by atoms with Crippen LogP contribution in [0.2, 0.25) is 0 Å². The van der Waals surface area contributed by atoms with Crippen LogP contribution in [0.4, 0.5) is 4.79 Å². The molecule has 17 heavy (non-hydrogen) atoms. The highest BCUT2D eigenvalue weighted by Gasteiger charge is 2.22. The van der Waals surface area contributed by atoms with E-state index in [1.54, 1.807) is 0 Å². The second kappa shape index (κ2) is 6.84. The van der Waals surface area contributed by atoms with Crippen molar-refractivity contribution in [1.29, 1.82) is 0 Å². The fourth-order valence-corrected chi connectivity index (χ4v) is 2.14. The van der Waals surface area contributed by atoms with E-state index in [-0.39, 0.29) is 11.6 Å². The number of carbonyl (C=O) groups excluding carboxylic acids is 1. The molecule has 0 saturated carbocycles. The van der Waals surface area contributed by atoms with E-state index < -0.39 is 0 Å². The summed E-state index contributed by atoms with van der Waals surface area (Å²) in [5.41, 5.74) is 5.92. The summed E-state index contributed by atoms with van der Waals surface area (Å²) in [6.45, 7) is 6.50. The van der Waals surface area contributed by atoms with Gasteiger partial charge in [0.05, 0.1) is 0 Å². The van der Waals surface area contributed by atoms with E-state index in [4.69, 9.17) is 5.73 Å². The zero-order valence-corrected chi connectivity index (χ0v) is 11.3. The van der Waals surface area contributed by atoms with Crippen LogP contribution in [0.3, 0.4) is 0 Å². The molecule has 0 aromatic rings. The summed E-state index contributed by atoms with van der Waals surface area (Å²) in [4.78, 5) is 13.9. The zero-order chi connectivity index (χ0) is 12.7. The number of likely N-dealkylation sites (tertiary alicyclic amines) is 1. The van der Waals surface area contributed by atoms with Crippen LogP contribution in [-0.4, -0.2) is 36.1 Å². The maximum absolute atomic E-state index is 12.0. The zero-order valence-electron chi connectivity index (χ0n) is 11.3. The predicted molar refractivity (Wildman–Crippen MR) is 70.9 cm³/mol. The van der Waals surface area contributed by atoms with Crippen LogP contribution >= 0.6 is 0 Å². The van der Waals surface area contributed by atoms with E-state index >= 15 is 0 Å². The standard InChI is InChI=1S/C13H27N3O/c1-3-13(14,4-2)11-15-12(17)16-9-7-5-6-8-10-16/h3-11,14H2,1-2H3,(H,15,17). The van der Waals surface area contributed by atoms with E-state index in [1.165, 1.54) is 12.8 Å². The maximum Gasteiger partial charge on any atom is 0.317 e. The Hall–Kier alpha value is -0.770. The van der Waals surface area contributed by atoms with Gasteiger partial charge in [-0.2, -0.15) is 0 Å². The number of nitrogens with zero attached hydrogens (tertiary/aromatic N) is 1. The number of nitrogens with two attached hydrogens (primary N) is 1. The first kappa shape index (κ1) is 14.3. The minimum Gasteiger partial charge on any atom is -0.336 e. The Bertz CT molecular complexity index is 231. The molecule has 0 aromatic carbocycles.